The summed E-state index contributed by atoms with van der Waals surface area (Å²) in [5.74, 6) is 0.686. The highest BCUT2D eigenvalue weighted by atomic mass is 32.1. The Kier molecular flexibility index (Phi) is 8.30. The third-order valence-corrected chi connectivity index (χ3v) is 5.40. The van der Waals surface area contributed by atoms with Crippen molar-refractivity contribution in [3.05, 3.63) is 16.1 Å². The van der Waals surface area contributed by atoms with Gasteiger partial charge in [-0.05, 0) is 20.9 Å². The van der Waals surface area contributed by atoms with E-state index >= 15 is 0 Å². The highest BCUT2D eigenvalue weighted by Crippen LogP contribution is 2.29. The van der Waals surface area contributed by atoms with Gasteiger partial charge in [0, 0.05) is 57.1 Å². The van der Waals surface area contributed by atoms with Crippen molar-refractivity contribution >= 4 is 17.3 Å². The van der Waals surface area contributed by atoms with E-state index in [9.17, 15) is 13.2 Å². The zero-order chi connectivity index (χ0) is 19.9. The Hall–Kier alpha value is -1.39. The molecule has 2 heterocycles. The molecule has 0 amide bonds. The molecule has 1 aliphatic rings. The molecular weight excluding hydrogens is 377 g/mol. The number of hydrogen-bond acceptors (Lipinski definition) is 5. The largest absolute Gasteiger partial charge is 0.434 e. The quantitative estimate of drug-likeness (QED) is 0.535. The van der Waals surface area contributed by atoms with Gasteiger partial charge < -0.3 is 15.5 Å². The molecule has 0 radical (unpaired) electrons. The third kappa shape index (κ3) is 7.27. The molecule has 1 aromatic rings. The molecule has 0 saturated carbocycles. The maximum absolute atomic E-state index is 12.6. The molecule has 0 aromatic carbocycles. The first-order chi connectivity index (χ1) is 12.8. The number of nitrogens with zero attached hydrogens (tertiary/aromatic N) is 4. The van der Waals surface area contributed by atoms with Gasteiger partial charge in [0.15, 0.2) is 11.7 Å². The first-order valence-electron chi connectivity index (χ1n) is 9.26. The van der Waals surface area contributed by atoms with E-state index in [0.29, 0.717) is 36.5 Å². The molecule has 1 atom stereocenters. The Morgan fingerprint density at radius 2 is 2.00 bits per heavy atom. The fraction of sp³-hybridized carbons (Fsp3) is 0.765. The van der Waals surface area contributed by atoms with Gasteiger partial charge in [0.1, 0.15) is 0 Å². The monoisotopic (exact) mass is 406 g/mol. The number of piperazine rings is 1. The molecule has 1 aliphatic heterocycles. The van der Waals surface area contributed by atoms with E-state index in [4.69, 9.17) is 0 Å². The van der Waals surface area contributed by atoms with Crippen molar-refractivity contribution in [2.45, 2.75) is 32.5 Å². The number of likely N-dealkylation sites (N-methyl/N-ethyl adjacent to an activating group) is 1. The minimum absolute atomic E-state index is 0.350. The van der Waals surface area contributed by atoms with Crippen molar-refractivity contribution < 1.29 is 13.2 Å². The van der Waals surface area contributed by atoms with Crippen molar-refractivity contribution in [1.82, 2.24) is 25.4 Å². The Morgan fingerprint density at radius 1 is 1.30 bits per heavy atom. The predicted octanol–water partition coefficient (Wildman–Crippen LogP) is 1.90. The maximum atomic E-state index is 12.6. The van der Waals surface area contributed by atoms with Gasteiger partial charge in [-0.3, -0.25) is 9.89 Å². The molecule has 154 valence electrons. The van der Waals surface area contributed by atoms with E-state index < -0.39 is 11.9 Å². The average molecular weight is 407 g/mol. The summed E-state index contributed by atoms with van der Waals surface area (Å²) in [7, 11) is 2.13. The van der Waals surface area contributed by atoms with Gasteiger partial charge in [0.2, 0.25) is 0 Å². The van der Waals surface area contributed by atoms with Gasteiger partial charge in [0.05, 0.1) is 11.6 Å². The van der Waals surface area contributed by atoms with Gasteiger partial charge in [-0.25, -0.2) is 4.98 Å². The van der Waals surface area contributed by atoms with Crippen LogP contribution in [0.1, 0.15) is 24.5 Å². The number of aliphatic imine (C=N–C) groups is 1. The molecule has 0 aliphatic carbocycles. The standard InChI is InChI=1S/C17H29F3N6S/c1-4-21-16(23-11-13(2)26-9-7-25(3)8-10-26)22-6-5-15-24-14(12-27-15)17(18,19)20/h12-13H,4-11H2,1-3H3,(H2,21,22,23). The van der Waals surface area contributed by atoms with E-state index in [2.05, 4.69) is 44.4 Å². The van der Waals surface area contributed by atoms with Crippen LogP contribution >= 0.6 is 11.3 Å². The number of guanidine groups is 1. The zero-order valence-corrected chi connectivity index (χ0v) is 17.0. The first-order valence-corrected chi connectivity index (χ1v) is 10.1. The topological polar surface area (TPSA) is 55.8 Å². The number of rotatable bonds is 7. The van der Waals surface area contributed by atoms with Crippen LogP contribution in [0.4, 0.5) is 13.2 Å². The number of nitrogens with one attached hydrogen (secondary N) is 2. The molecule has 2 N–H and O–H groups in total. The number of alkyl halides is 3. The lowest BCUT2D eigenvalue weighted by atomic mass is 10.2. The fourth-order valence-corrected chi connectivity index (χ4v) is 3.59. The molecule has 1 fully saturated rings. The molecule has 6 nitrogen and oxygen atoms in total. The van der Waals surface area contributed by atoms with Crippen molar-refractivity contribution in [2.24, 2.45) is 4.99 Å². The summed E-state index contributed by atoms with van der Waals surface area (Å²) < 4.78 is 37.8. The van der Waals surface area contributed by atoms with Gasteiger partial charge in [-0.2, -0.15) is 13.2 Å². The lowest BCUT2D eigenvalue weighted by Crippen LogP contribution is -2.49. The molecule has 10 heteroatoms. The van der Waals surface area contributed by atoms with Crippen molar-refractivity contribution in [3.8, 4) is 0 Å². The van der Waals surface area contributed by atoms with E-state index in [-0.39, 0.29) is 0 Å². The van der Waals surface area contributed by atoms with E-state index in [1.54, 1.807) is 0 Å². The number of halogens is 3. The lowest BCUT2D eigenvalue weighted by molar-refractivity contribution is -0.140. The van der Waals surface area contributed by atoms with Crippen molar-refractivity contribution in [3.63, 3.8) is 0 Å². The van der Waals surface area contributed by atoms with Crippen LogP contribution in [-0.4, -0.2) is 79.6 Å². The Morgan fingerprint density at radius 3 is 2.59 bits per heavy atom. The Labute approximate surface area is 162 Å². The maximum Gasteiger partial charge on any atom is 0.434 e. The summed E-state index contributed by atoms with van der Waals surface area (Å²) in [5.41, 5.74) is -0.816. The summed E-state index contributed by atoms with van der Waals surface area (Å²) in [5, 5.41) is 7.89. The molecule has 1 saturated heterocycles. The first kappa shape index (κ1) is 21.9. The van der Waals surface area contributed by atoms with E-state index in [1.165, 1.54) is 0 Å². The number of hydrogen-bond donors (Lipinski definition) is 2. The van der Waals surface area contributed by atoms with E-state index in [0.717, 1.165) is 49.4 Å². The third-order valence-electron chi connectivity index (χ3n) is 4.49. The van der Waals surface area contributed by atoms with Crippen molar-refractivity contribution in [2.75, 3.05) is 52.9 Å². The minimum Gasteiger partial charge on any atom is -0.357 e. The highest BCUT2D eigenvalue weighted by molar-refractivity contribution is 7.09. The van der Waals surface area contributed by atoms with Crippen LogP contribution < -0.4 is 10.6 Å². The zero-order valence-electron chi connectivity index (χ0n) is 16.1. The fourth-order valence-electron chi connectivity index (χ4n) is 2.79. The molecule has 1 aromatic heterocycles. The Balaban J connectivity index is 1.80. The van der Waals surface area contributed by atoms with Crippen LogP contribution in [0.3, 0.4) is 0 Å². The summed E-state index contributed by atoms with van der Waals surface area (Å²) in [6, 6.07) is 0.350. The molecule has 0 spiro atoms. The second-order valence-corrected chi connectivity index (χ2v) is 7.65. The summed E-state index contributed by atoms with van der Waals surface area (Å²) in [6.45, 7) is 10.3. The van der Waals surface area contributed by atoms with Crippen LogP contribution in [0.2, 0.25) is 0 Å². The number of aromatic nitrogens is 1. The lowest BCUT2D eigenvalue weighted by Gasteiger charge is -2.35. The smallest absolute Gasteiger partial charge is 0.357 e. The Bertz CT molecular complexity index is 596. The average Bonchev–Trinajstić information content (AvgIpc) is 3.09. The second kappa shape index (κ2) is 10.2. The molecule has 27 heavy (non-hydrogen) atoms. The van der Waals surface area contributed by atoms with Crippen molar-refractivity contribution in [1.29, 1.82) is 0 Å². The predicted molar refractivity (Wildman–Crippen MR) is 103 cm³/mol. The minimum atomic E-state index is -4.38. The second-order valence-electron chi connectivity index (χ2n) is 6.71. The van der Waals surface area contributed by atoms with Gasteiger partial charge in [-0.15, -0.1) is 11.3 Å². The van der Waals surface area contributed by atoms with Gasteiger partial charge in [-0.1, -0.05) is 0 Å². The van der Waals surface area contributed by atoms with Crippen LogP contribution in [0.5, 0.6) is 0 Å². The normalized spacial score (nSPS) is 18.5. The SMILES string of the molecule is CCNC(=NCC(C)N1CCN(C)CC1)NCCc1nc(C(F)(F)F)cs1. The molecule has 0 bridgehead atoms. The molecule has 2 rings (SSSR count). The molecular formula is C17H29F3N6S. The van der Waals surface area contributed by atoms with Crippen LogP contribution in [0, 0.1) is 0 Å². The van der Waals surface area contributed by atoms with Crippen LogP contribution in [0.25, 0.3) is 0 Å². The summed E-state index contributed by atoms with van der Waals surface area (Å²) >= 11 is 1.04. The molecule has 1 unspecified atom stereocenters. The van der Waals surface area contributed by atoms with E-state index in [1.807, 2.05) is 6.92 Å². The van der Waals surface area contributed by atoms with Crippen LogP contribution in [0.15, 0.2) is 10.4 Å². The highest BCUT2D eigenvalue weighted by Gasteiger charge is 2.33. The summed E-state index contributed by atoms with van der Waals surface area (Å²) in [6.07, 6.45) is -3.95. The number of thiazole rings is 1. The summed E-state index contributed by atoms with van der Waals surface area (Å²) in [4.78, 5) is 13.0. The van der Waals surface area contributed by atoms with Gasteiger partial charge in [0.25, 0.3) is 0 Å². The van der Waals surface area contributed by atoms with Crippen LogP contribution in [-0.2, 0) is 12.6 Å². The van der Waals surface area contributed by atoms with Gasteiger partial charge >= 0.3 is 6.18 Å².